The van der Waals surface area contributed by atoms with E-state index < -0.39 is 0 Å². The number of nitrogens with zero attached hydrogens (tertiary/aromatic N) is 2. The molecule has 0 aliphatic carbocycles. The second-order valence-corrected chi connectivity index (χ2v) is 4.96. The van der Waals surface area contributed by atoms with E-state index in [-0.39, 0.29) is 5.92 Å². The zero-order valence-corrected chi connectivity index (χ0v) is 10.2. The van der Waals surface area contributed by atoms with Crippen molar-refractivity contribution in [1.29, 1.82) is 0 Å². The maximum absolute atomic E-state index is 12.0. The topological polar surface area (TPSA) is 32.8 Å². The molecule has 0 N–H and O–H groups in total. The summed E-state index contributed by atoms with van der Waals surface area (Å²) in [5, 5.41) is 0. The van der Waals surface area contributed by atoms with Crippen molar-refractivity contribution in [3.8, 4) is 0 Å². The predicted octanol–water partition coefficient (Wildman–Crippen LogP) is 0.230. The van der Waals surface area contributed by atoms with Gasteiger partial charge in [0.15, 0.2) is 5.78 Å². The van der Waals surface area contributed by atoms with Gasteiger partial charge in [0.1, 0.15) is 0 Å². The van der Waals surface area contributed by atoms with Crippen molar-refractivity contribution < 1.29 is 9.53 Å². The summed E-state index contributed by atoms with van der Waals surface area (Å²) in [5.74, 6) is 0.544. The zero-order valence-electron chi connectivity index (χ0n) is 10.2. The number of likely N-dealkylation sites (N-methyl/N-ethyl adjacent to an activating group) is 1. The lowest BCUT2D eigenvalue weighted by Gasteiger charge is -2.20. The van der Waals surface area contributed by atoms with Gasteiger partial charge in [0.05, 0.1) is 13.2 Å². The van der Waals surface area contributed by atoms with Gasteiger partial charge in [-0.15, -0.1) is 0 Å². The molecule has 2 saturated heterocycles. The van der Waals surface area contributed by atoms with Gasteiger partial charge >= 0.3 is 0 Å². The van der Waals surface area contributed by atoms with Crippen LogP contribution in [0.25, 0.3) is 0 Å². The molecule has 2 rings (SSSR count). The molecule has 0 radical (unpaired) electrons. The van der Waals surface area contributed by atoms with Crippen LogP contribution in [0.1, 0.15) is 12.8 Å². The van der Waals surface area contributed by atoms with Crippen LogP contribution in [0.2, 0.25) is 0 Å². The summed E-state index contributed by atoms with van der Waals surface area (Å²) >= 11 is 0. The number of Topliss-reactive ketones (excluding diaryl/α,β-unsaturated/α-hetero) is 1. The Labute approximate surface area is 97.5 Å². The van der Waals surface area contributed by atoms with Crippen molar-refractivity contribution in [2.24, 2.45) is 5.92 Å². The third-order valence-corrected chi connectivity index (χ3v) is 3.58. The lowest BCUT2D eigenvalue weighted by atomic mass is 10.0. The van der Waals surface area contributed by atoms with Gasteiger partial charge in [-0.05, 0) is 33.0 Å². The van der Waals surface area contributed by atoms with Gasteiger partial charge in [0, 0.05) is 25.6 Å². The minimum absolute atomic E-state index is 0.168. The highest BCUT2D eigenvalue weighted by Gasteiger charge is 2.25. The Kier molecular flexibility index (Phi) is 4.32. The van der Waals surface area contributed by atoms with Crippen molar-refractivity contribution >= 4 is 5.78 Å². The third-order valence-electron chi connectivity index (χ3n) is 3.58. The van der Waals surface area contributed by atoms with E-state index in [0.717, 1.165) is 39.2 Å². The molecule has 92 valence electrons. The number of ether oxygens (including phenoxy) is 1. The first-order chi connectivity index (χ1) is 7.75. The summed E-state index contributed by atoms with van der Waals surface area (Å²) in [5.41, 5.74) is 0. The minimum atomic E-state index is 0.168. The number of rotatable bonds is 3. The highest BCUT2D eigenvalue weighted by Crippen LogP contribution is 2.14. The molecule has 0 bridgehead atoms. The van der Waals surface area contributed by atoms with Crippen molar-refractivity contribution in [1.82, 2.24) is 9.80 Å². The Bertz CT molecular complexity index is 239. The average Bonchev–Trinajstić information content (AvgIpc) is 2.72. The van der Waals surface area contributed by atoms with E-state index in [4.69, 9.17) is 4.74 Å². The zero-order chi connectivity index (χ0) is 11.4. The quantitative estimate of drug-likeness (QED) is 0.689. The monoisotopic (exact) mass is 226 g/mol. The molecule has 0 saturated carbocycles. The second kappa shape index (κ2) is 5.75. The van der Waals surface area contributed by atoms with E-state index in [1.165, 1.54) is 6.42 Å². The van der Waals surface area contributed by atoms with Gasteiger partial charge in [-0.2, -0.15) is 0 Å². The van der Waals surface area contributed by atoms with Crippen molar-refractivity contribution in [2.75, 3.05) is 53.0 Å². The molecule has 0 aromatic heterocycles. The van der Waals surface area contributed by atoms with Crippen LogP contribution in [-0.4, -0.2) is 68.6 Å². The maximum Gasteiger partial charge on any atom is 0.152 e. The first kappa shape index (κ1) is 12.0. The number of hydrogen-bond donors (Lipinski definition) is 0. The van der Waals surface area contributed by atoms with Crippen LogP contribution in [0.15, 0.2) is 0 Å². The smallest absolute Gasteiger partial charge is 0.152 e. The Morgan fingerprint density at radius 2 is 2.19 bits per heavy atom. The molecular weight excluding hydrogens is 204 g/mol. The summed E-state index contributed by atoms with van der Waals surface area (Å²) in [4.78, 5) is 16.6. The van der Waals surface area contributed by atoms with Crippen molar-refractivity contribution in [2.45, 2.75) is 12.8 Å². The van der Waals surface area contributed by atoms with E-state index in [0.29, 0.717) is 18.9 Å². The Hall–Kier alpha value is -0.450. The molecule has 0 spiro atoms. The van der Waals surface area contributed by atoms with Crippen LogP contribution in [-0.2, 0) is 9.53 Å². The minimum Gasteiger partial charge on any atom is -0.381 e. The SMILES string of the molecule is CN1CCCN(CC(=O)C2CCOC2)CC1. The normalized spacial score (nSPS) is 29.2. The Morgan fingerprint density at radius 1 is 1.31 bits per heavy atom. The predicted molar refractivity (Wildman–Crippen MR) is 62.5 cm³/mol. The van der Waals surface area contributed by atoms with Gasteiger partial charge in [-0.1, -0.05) is 0 Å². The number of ketones is 1. The number of carbonyl (C=O) groups excluding carboxylic acids is 1. The lowest BCUT2D eigenvalue weighted by Crippen LogP contribution is -2.36. The van der Waals surface area contributed by atoms with Gasteiger partial charge in [-0.3, -0.25) is 9.69 Å². The van der Waals surface area contributed by atoms with Crippen LogP contribution in [0.5, 0.6) is 0 Å². The Balaban J connectivity index is 1.77. The molecule has 0 aromatic rings. The molecule has 1 unspecified atom stereocenters. The summed E-state index contributed by atoms with van der Waals surface area (Å²) in [6, 6.07) is 0. The van der Waals surface area contributed by atoms with Crippen LogP contribution in [0, 0.1) is 5.92 Å². The van der Waals surface area contributed by atoms with Crippen LogP contribution >= 0.6 is 0 Å². The maximum atomic E-state index is 12.0. The number of hydrogen-bond acceptors (Lipinski definition) is 4. The van der Waals surface area contributed by atoms with Crippen LogP contribution in [0.3, 0.4) is 0 Å². The molecule has 16 heavy (non-hydrogen) atoms. The molecule has 2 aliphatic rings. The largest absolute Gasteiger partial charge is 0.381 e. The van der Waals surface area contributed by atoms with E-state index in [2.05, 4.69) is 16.8 Å². The van der Waals surface area contributed by atoms with Gasteiger partial charge in [0.25, 0.3) is 0 Å². The fraction of sp³-hybridized carbons (Fsp3) is 0.917. The molecular formula is C12H22N2O2. The van der Waals surface area contributed by atoms with Crippen molar-refractivity contribution in [3.63, 3.8) is 0 Å². The molecule has 4 heteroatoms. The van der Waals surface area contributed by atoms with Gasteiger partial charge in [-0.25, -0.2) is 0 Å². The fourth-order valence-electron chi connectivity index (χ4n) is 2.40. The Morgan fingerprint density at radius 3 is 2.94 bits per heavy atom. The first-order valence-electron chi connectivity index (χ1n) is 6.27. The average molecular weight is 226 g/mol. The summed E-state index contributed by atoms with van der Waals surface area (Å²) in [6.45, 7) is 6.35. The third kappa shape index (κ3) is 3.27. The highest BCUT2D eigenvalue weighted by atomic mass is 16.5. The summed E-state index contributed by atoms with van der Waals surface area (Å²) in [7, 11) is 2.15. The van der Waals surface area contributed by atoms with Gasteiger partial charge in [0.2, 0.25) is 0 Å². The van der Waals surface area contributed by atoms with Crippen LogP contribution in [0.4, 0.5) is 0 Å². The fourth-order valence-corrected chi connectivity index (χ4v) is 2.40. The standard InChI is InChI=1S/C12H22N2O2/c1-13-4-2-5-14(7-6-13)9-12(15)11-3-8-16-10-11/h11H,2-10H2,1H3. The molecule has 4 nitrogen and oxygen atoms in total. The number of carbonyl (C=O) groups is 1. The van der Waals surface area contributed by atoms with E-state index in [1.54, 1.807) is 0 Å². The molecule has 1 atom stereocenters. The van der Waals surface area contributed by atoms with Gasteiger partial charge < -0.3 is 9.64 Å². The summed E-state index contributed by atoms with van der Waals surface area (Å²) < 4.78 is 5.26. The molecule has 0 amide bonds. The second-order valence-electron chi connectivity index (χ2n) is 4.96. The van der Waals surface area contributed by atoms with E-state index >= 15 is 0 Å². The van der Waals surface area contributed by atoms with Crippen molar-refractivity contribution in [3.05, 3.63) is 0 Å². The van der Waals surface area contributed by atoms with Crippen LogP contribution < -0.4 is 0 Å². The molecule has 2 heterocycles. The lowest BCUT2D eigenvalue weighted by molar-refractivity contribution is -0.124. The first-order valence-corrected chi connectivity index (χ1v) is 6.27. The van der Waals surface area contributed by atoms with E-state index in [1.807, 2.05) is 0 Å². The molecule has 2 aliphatic heterocycles. The molecule has 2 fully saturated rings. The highest BCUT2D eigenvalue weighted by molar-refractivity contribution is 5.83. The summed E-state index contributed by atoms with van der Waals surface area (Å²) in [6.07, 6.45) is 2.09. The molecule has 0 aromatic carbocycles. The van der Waals surface area contributed by atoms with E-state index in [9.17, 15) is 4.79 Å².